The van der Waals surface area contributed by atoms with Crippen LogP contribution in [0.5, 0.6) is 5.75 Å². The minimum absolute atomic E-state index is 0.0484. The molecule has 0 spiro atoms. The van der Waals surface area contributed by atoms with Gasteiger partial charge in [-0.1, -0.05) is 13.8 Å². The van der Waals surface area contributed by atoms with Crippen molar-refractivity contribution in [2.24, 2.45) is 11.7 Å². The van der Waals surface area contributed by atoms with Gasteiger partial charge in [-0.3, -0.25) is 4.79 Å². The number of benzene rings is 1. The molecule has 0 radical (unpaired) electrons. The monoisotopic (exact) mass is 356 g/mol. The summed E-state index contributed by atoms with van der Waals surface area (Å²) in [4.78, 5) is 12.3. The van der Waals surface area contributed by atoms with Crippen molar-refractivity contribution in [2.45, 2.75) is 44.0 Å². The summed E-state index contributed by atoms with van der Waals surface area (Å²) < 4.78 is 28.3. The first-order valence-corrected chi connectivity index (χ1v) is 9.91. The van der Waals surface area contributed by atoms with Gasteiger partial charge in [-0.25, -0.2) is 8.42 Å². The molecule has 0 fully saturated rings. The Bertz CT molecular complexity index is 641. The van der Waals surface area contributed by atoms with Crippen molar-refractivity contribution in [3.8, 4) is 5.75 Å². The molecule has 1 aromatic rings. The van der Waals surface area contributed by atoms with Crippen LogP contribution in [0.1, 0.15) is 33.6 Å². The van der Waals surface area contributed by atoms with Crippen molar-refractivity contribution < 1.29 is 17.9 Å². The molecular formula is C17H28N2O4S. The highest BCUT2D eigenvalue weighted by Crippen LogP contribution is 2.17. The van der Waals surface area contributed by atoms with Crippen molar-refractivity contribution in [1.82, 2.24) is 5.32 Å². The summed E-state index contributed by atoms with van der Waals surface area (Å²) >= 11 is 0. The molecule has 0 saturated heterocycles. The lowest BCUT2D eigenvalue weighted by atomic mass is 9.88. The number of nitrogens with one attached hydrogen (secondary N) is 1. The summed E-state index contributed by atoms with van der Waals surface area (Å²) in [5.74, 6) is 0.778. The molecular weight excluding hydrogens is 328 g/mol. The number of carbonyl (C=O) groups excluding carboxylic acids is 1. The molecule has 0 aliphatic rings. The molecule has 1 unspecified atom stereocenters. The number of ether oxygens (including phenoxy) is 1. The maximum absolute atomic E-state index is 12.0. The molecule has 1 rings (SSSR count). The van der Waals surface area contributed by atoms with Gasteiger partial charge in [0.05, 0.1) is 17.0 Å². The highest BCUT2D eigenvalue weighted by Gasteiger charge is 2.28. The SMILES string of the molecule is CC(C)C(C)(CN)NC(=O)CCCOc1ccc(S(C)(=O)=O)cc1. The Morgan fingerprint density at radius 1 is 1.29 bits per heavy atom. The van der Waals surface area contributed by atoms with Crippen molar-refractivity contribution in [2.75, 3.05) is 19.4 Å². The van der Waals surface area contributed by atoms with E-state index in [1.54, 1.807) is 12.1 Å². The molecule has 1 atom stereocenters. The third-order valence-corrected chi connectivity index (χ3v) is 5.32. The number of sulfone groups is 1. The third-order valence-electron chi connectivity index (χ3n) is 4.19. The highest BCUT2D eigenvalue weighted by molar-refractivity contribution is 7.90. The summed E-state index contributed by atoms with van der Waals surface area (Å²) in [7, 11) is -3.20. The molecule has 0 bridgehead atoms. The second-order valence-electron chi connectivity index (χ2n) is 6.52. The van der Waals surface area contributed by atoms with Gasteiger partial charge in [0.25, 0.3) is 0 Å². The maximum Gasteiger partial charge on any atom is 0.220 e. The van der Waals surface area contributed by atoms with Gasteiger partial charge in [-0.15, -0.1) is 0 Å². The summed E-state index contributed by atoms with van der Waals surface area (Å²) in [5.41, 5.74) is 5.34. The van der Waals surface area contributed by atoms with Gasteiger partial charge in [-0.05, 0) is 43.5 Å². The summed E-state index contributed by atoms with van der Waals surface area (Å²) in [6.45, 7) is 6.76. The van der Waals surface area contributed by atoms with Crippen molar-refractivity contribution in [1.29, 1.82) is 0 Å². The lowest BCUT2D eigenvalue weighted by Crippen LogP contribution is -2.55. The molecule has 0 aliphatic heterocycles. The van der Waals surface area contributed by atoms with Crippen molar-refractivity contribution >= 4 is 15.7 Å². The Hall–Kier alpha value is -1.60. The van der Waals surface area contributed by atoms with Gasteiger partial charge in [0, 0.05) is 19.2 Å². The standard InChI is InChI=1S/C17H28N2O4S/c1-13(2)17(3,12-18)19-16(20)6-5-11-23-14-7-9-15(10-8-14)24(4,21)22/h7-10,13H,5-6,11-12,18H2,1-4H3,(H,19,20). The quantitative estimate of drug-likeness (QED) is 0.657. The van der Waals surface area contributed by atoms with E-state index < -0.39 is 15.4 Å². The number of hydrogen-bond donors (Lipinski definition) is 2. The molecule has 0 saturated carbocycles. The molecule has 3 N–H and O–H groups in total. The fraction of sp³-hybridized carbons (Fsp3) is 0.588. The molecule has 24 heavy (non-hydrogen) atoms. The molecule has 0 heterocycles. The average molecular weight is 356 g/mol. The minimum atomic E-state index is -3.20. The summed E-state index contributed by atoms with van der Waals surface area (Å²) in [5, 5.41) is 2.98. The fourth-order valence-electron chi connectivity index (χ4n) is 2.02. The van der Waals surface area contributed by atoms with E-state index in [2.05, 4.69) is 5.32 Å². The Morgan fingerprint density at radius 2 is 1.88 bits per heavy atom. The molecule has 7 heteroatoms. The minimum Gasteiger partial charge on any atom is -0.494 e. The van der Waals surface area contributed by atoms with E-state index >= 15 is 0 Å². The Morgan fingerprint density at radius 3 is 2.33 bits per heavy atom. The van der Waals surface area contributed by atoms with E-state index in [0.717, 1.165) is 6.26 Å². The molecule has 1 aromatic carbocycles. The highest BCUT2D eigenvalue weighted by atomic mass is 32.2. The maximum atomic E-state index is 12.0. The van der Waals surface area contributed by atoms with E-state index in [1.807, 2.05) is 20.8 Å². The first-order chi connectivity index (χ1) is 11.1. The van der Waals surface area contributed by atoms with Crippen LogP contribution >= 0.6 is 0 Å². The summed E-state index contributed by atoms with van der Waals surface area (Å²) in [6.07, 6.45) is 2.08. The molecule has 0 aliphatic carbocycles. The summed E-state index contributed by atoms with van der Waals surface area (Å²) in [6, 6.07) is 6.24. The molecule has 1 amide bonds. The largest absolute Gasteiger partial charge is 0.494 e. The van der Waals surface area contributed by atoms with Crippen LogP contribution < -0.4 is 15.8 Å². The number of hydrogen-bond acceptors (Lipinski definition) is 5. The second kappa shape index (κ2) is 8.48. The number of rotatable bonds is 9. The zero-order chi connectivity index (χ0) is 18.4. The number of amides is 1. The first-order valence-electron chi connectivity index (χ1n) is 8.02. The van der Waals surface area contributed by atoms with E-state index in [4.69, 9.17) is 10.5 Å². The van der Waals surface area contributed by atoms with Crippen molar-refractivity contribution in [3.63, 3.8) is 0 Å². The second-order valence-corrected chi connectivity index (χ2v) is 8.54. The zero-order valence-electron chi connectivity index (χ0n) is 14.8. The van der Waals surface area contributed by atoms with Crippen LogP contribution in [0, 0.1) is 5.92 Å². The van der Waals surface area contributed by atoms with Gasteiger partial charge >= 0.3 is 0 Å². The Kier molecular flexibility index (Phi) is 7.23. The van der Waals surface area contributed by atoms with Gasteiger partial charge in [0.15, 0.2) is 9.84 Å². The number of nitrogens with two attached hydrogens (primary N) is 1. The molecule has 0 aromatic heterocycles. The van der Waals surface area contributed by atoms with E-state index in [9.17, 15) is 13.2 Å². The van der Waals surface area contributed by atoms with Gasteiger partial charge in [0.1, 0.15) is 5.75 Å². The van der Waals surface area contributed by atoms with Crippen LogP contribution in [0.3, 0.4) is 0 Å². The van der Waals surface area contributed by atoms with E-state index in [0.29, 0.717) is 31.7 Å². The van der Waals surface area contributed by atoms with Gasteiger partial charge in [0.2, 0.25) is 5.91 Å². The first kappa shape index (κ1) is 20.4. The van der Waals surface area contributed by atoms with Crippen molar-refractivity contribution in [3.05, 3.63) is 24.3 Å². The topological polar surface area (TPSA) is 98.5 Å². The lowest BCUT2D eigenvalue weighted by molar-refractivity contribution is -0.123. The fourth-order valence-corrected chi connectivity index (χ4v) is 2.65. The third kappa shape index (κ3) is 6.13. The van der Waals surface area contributed by atoms with Crippen LogP contribution in [0.15, 0.2) is 29.2 Å². The van der Waals surface area contributed by atoms with Crippen LogP contribution in [0.25, 0.3) is 0 Å². The predicted molar refractivity (Wildman–Crippen MR) is 94.7 cm³/mol. The predicted octanol–water partition coefficient (Wildman–Crippen LogP) is 1.74. The van der Waals surface area contributed by atoms with Crippen LogP contribution in [-0.2, 0) is 14.6 Å². The van der Waals surface area contributed by atoms with Crippen LogP contribution in [0.4, 0.5) is 0 Å². The number of carbonyl (C=O) groups is 1. The zero-order valence-corrected chi connectivity index (χ0v) is 15.7. The average Bonchev–Trinajstić information content (AvgIpc) is 2.50. The lowest BCUT2D eigenvalue weighted by Gasteiger charge is -2.33. The molecule has 6 nitrogen and oxygen atoms in total. The van der Waals surface area contributed by atoms with Gasteiger partial charge < -0.3 is 15.8 Å². The van der Waals surface area contributed by atoms with Crippen LogP contribution in [-0.4, -0.2) is 39.3 Å². The van der Waals surface area contributed by atoms with E-state index in [-0.39, 0.29) is 16.7 Å². The Labute approximate surface area is 144 Å². The van der Waals surface area contributed by atoms with Crippen LogP contribution in [0.2, 0.25) is 0 Å². The van der Waals surface area contributed by atoms with Gasteiger partial charge in [-0.2, -0.15) is 0 Å². The normalized spacial score (nSPS) is 14.2. The molecule has 136 valence electrons. The smallest absolute Gasteiger partial charge is 0.220 e. The van der Waals surface area contributed by atoms with E-state index in [1.165, 1.54) is 12.1 Å². The Balaban J connectivity index is 2.39.